The molecule has 0 aliphatic carbocycles. The number of imidazole rings is 1. The molecule has 1 aliphatic heterocycles. The van der Waals surface area contributed by atoms with Crippen molar-refractivity contribution in [2.45, 2.75) is 45.3 Å². The second kappa shape index (κ2) is 7.87. The molecule has 2 N–H and O–H groups in total. The number of piperidine rings is 1. The van der Waals surface area contributed by atoms with Gasteiger partial charge in [0.15, 0.2) is 11.2 Å². The van der Waals surface area contributed by atoms with Crippen molar-refractivity contribution in [3.05, 3.63) is 56.7 Å². The van der Waals surface area contributed by atoms with E-state index in [2.05, 4.69) is 17.0 Å². The largest absolute Gasteiger partial charge is 0.341 e. The number of nitrogens with zero attached hydrogens (tertiary/aromatic N) is 5. The Hall–Kier alpha value is -2.87. The van der Waals surface area contributed by atoms with Gasteiger partial charge in [0.05, 0.1) is 0 Å². The Kier molecular flexibility index (Phi) is 5.27. The lowest BCUT2D eigenvalue weighted by Crippen LogP contribution is -2.44. The molecule has 1 aliphatic rings. The summed E-state index contributed by atoms with van der Waals surface area (Å²) in [5.41, 5.74) is 7.71. The fraction of sp³-hybridized carbons (Fsp3) is 0.476. The minimum Gasteiger partial charge on any atom is -0.341 e. The first-order valence-electron chi connectivity index (χ1n) is 10.3. The molecule has 1 fully saturated rings. The fourth-order valence-corrected chi connectivity index (χ4v) is 4.16. The lowest BCUT2D eigenvalue weighted by molar-refractivity contribution is 0.493. The van der Waals surface area contributed by atoms with E-state index in [0.717, 1.165) is 31.8 Å². The van der Waals surface area contributed by atoms with Crippen LogP contribution in [-0.4, -0.2) is 37.8 Å². The summed E-state index contributed by atoms with van der Waals surface area (Å²) < 4.78 is 4.73. The number of hydrogen-bond donors (Lipinski definition) is 1. The average molecular weight is 396 g/mol. The van der Waals surface area contributed by atoms with E-state index in [1.54, 1.807) is 4.57 Å². The van der Waals surface area contributed by atoms with Gasteiger partial charge in [0.2, 0.25) is 5.95 Å². The third-order valence-corrected chi connectivity index (χ3v) is 5.73. The van der Waals surface area contributed by atoms with Crippen LogP contribution >= 0.6 is 0 Å². The molecule has 1 aromatic carbocycles. The van der Waals surface area contributed by atoms with E-state index in [9.17, 15) is 9.59 Å². The van der Waals surface area contributed by atoms with Crippen molar-refractivity contribution in [3.63, 3.8) is 0 Å². The van der Waals surface area contributed by atoms with Gasteiger partial charge in [-0.1, -0.05) is 30.3 Å². The monoisotopic (exact) mass is 396 g/mol. The van der Waals surface area contributed by atoms with E-state index in [4.69, 9.17) is 10.7 Å². The highest BCUT2D eigenvalue weighted by Gasteiger charge is 2.26. The Morgan fingerprint density at radius 2 is 1.93 bits per heavy atom. The molecule has 1 saturated heterocycles. The number of aromatic nitrogens is 4. The Morgan fingerprint density at radius 3 is 2.62 bits per heavy atom. The number of fused-ring (bicyclic) bond motifs is 1. The van der Waals surface area contributed by atoms with Crippen LogP contribution in [-0.2, 0) is 26.6 Å². The second-order valence-corrected chi connectivity index (χ2v) is 7.71. The zero-order chi connectivity index (χ0) is 20.5. The van der Waals surface area contributed by atoms with Gasteiger partial charge >= 0.3 is 5.69 Å². The molecule has 8 heteroatoms. The quantitative estimate of drug-likeness (QED) is 0.697. The van der Waals surface area contributed by atoms with Gasteiger partial charge < -0.3 is 15.2 Å². The average Bonchev–Trinajstić information content (AvgIpc) is 3.11. The van der Waals surface area contributed by atoms with Gasteiger partial charge in [-0.2, -0.15) is 4.98 Å². The lowest BCUT2D eigenvalue weighted by atomic mass is 10.1. The molecule has 1 unspecified atom stereocenters. The molecule has 154 valence electrons. The van der Waals surface area contributed by atoms with Crippen LogP contribution in [0.3, 0.4) is 0 Å². The Bertz CT molecular complexity index is 1130. The maximum atomic E-state index is 13.1. The SMILES string of the molecule is CCn1c(=O)n(C)c(=O)c2c1nc(N1CCCC(N)C1)n2CCc1ccccc1. The number of nitrogens with two attached hydrogens (primary N) is 1. The summed E-state index contributed by atoms with van der Waals surface area (Å²) in [6.45, 7) is 4.51. The van der Waals surface area contributed by atoms with Gasteiger partial charge in [0.1, 0.15) is 0 Å². The van der Waals surface area contributed by atoms with Crippen LogP contribution in [0.15, 0.2) is 39.9 Å². The van der Waals surface area contributed by atoms with E-state index in [-0.39, 0.29) is 17.3 Å². The molecule has 0 spiro atoms. The predicted molar refractivity (Wildman–Crippen MR) is 114 cm³/mol. The number of anilines is 1. The van der Waals surface area contributed by atoms with Crippen molar-refractivity contribution >= 4 is 17.1 Å². The van der Waals surface area contributed by atoms with Crippen LogP contribution in [0, 0.1) is 0 Å². The van der Waals surface area contributed by atoms with Gasteiger partial charge in [0, 0.05) is 39.3 Å². The maximum Gasteiger partial charge on any atom is 0.332 e. The van der Waals surface area contributed by atoms with Gasteiger partial charge in [-0.05, 0) is 31.7 Å². The highest BCUT2D eigenvalue weighted by atomic mass is 16.2. The lowest BCUT2D eigenvalue weighted by Gasteiger charge is -2.31. The smallest absolute Gasteiger partial charge is 0.332 e. The van der Waals surface area contributed by atoms with Crippen molar-refractivity contribution < 1.29 is 0 Å². The van der Waals surface area contributed by atoms with Crippen molar-refractivity contribution in [3.8, 4) is 0 Å². The van der Waals surface area contributed by atoms with Gasteiger partial charge in [0.25, 0.3) is 5.56 Å². The molecule has 1 atom stereocenters. The predicted octanol–water partition coefficient (Wildman–Crippen LogP) is 1.09. The van der Waals surface area contributed by atoms with E-state index in [1.807, 2.05) is 29.7 Å². The molecule has 0 bridgehead atoms. The van der Waals surface area contributed by atoms with Crippen LogP contribution in [0.25, 0.3) is 11.2 Å². The number of hydrogen-bond acceptors (Lipinski definition) is 5. The molecular formula is C21H28N6O2. The molecule has 3 heterocycles. The highest BCUT2D eigenvalue weighted by molar-refractivity contribution is 5.74. The summed E-state index contributed by atoms with van der Waals surface area (Å²) in [7, 11) is 1.53. The molecular weight excluding hydrogens is 368 g/mol. The maximum absolute atomic E-state index is 13.1. The molecule has 8 nitrogen and oxygen atoms in total. The van der Waals surface area contributed by atoms with Gasteiger partial charge in [-0.15, -0.1) is 0 Å². The molecule has 0 amide bonds. The number of benzene rings is 1. The molecule has 2 aromatic heterocycles. The summed E-state index contributed by atoms with van der Waals surface area (Å²) in [5.74, 6) is 0.732. The summed E-state index contributed by atoms with van der Waals surface area (Å²) in [6, 6.07) is 10.3. The minimum absolute atomic E-state index is 0.0855. The van der Waals surface area contributed by atoms with Crippen LogP contribution in [0.1, 0.15) is 25.3 Å². The van der Waals surface area contributed by atoms with Crippen LogP contribution in [0.4, 0.5) is 5.95 Å². The van der Waals surface area contributed by atoms with E-state index >= 15 is 0 Å². The van der Waals surface area contributed by atoms with Crippen LogP contribution < -0.4 is 21.9 Å². The first kappa shape index (κ1) is 19.4. The topological polar surface area (TPSA) is 91.1 Å². The van der Waals surface area contributed by atoms with Crippen molar-refractivity contribution in [1.82, 2.24) is 18.7 Å². The van der Waals surface area contributed by atoms with Gasteiger partial charge in [-0.25, -0.2) is 4.79 Å². The zero-order valence-electron chi connectivity index (χ0n) is 17.0. The first-order chi connectivity index (χ1) is 14.0. The molecule has 3 aromatic rings. The number of rotatable bonds is 5. The minimum atomic E-state index is -0.334. The standard InChI is InChI=1S/C21H28N6O2/c1-3-26-18-17(19(28)24(2)21(26)29)27(13-11-15-8-5-4-6-9-15)20(23-18)25-12-7-10-16(22)14-25/h4-6,8-9,16H,3,7,10-14,22H2,1-2H3. The molecule has 0 saturated carbocycles. The highest BCUT2D eigenvalue weighted by Crippen LogP contribution is 2.23. The molecule has 0 radical (unpaired) electrons. The van der Waals surface area contributed by atoms with E-state index in [1.165, 1.54) is 17.2 Å². The second-order valence-electron chi connectivity index (χ2n) is 7.71. The third-order valence-electron chi connectivity index (χ3n) is 5.73. The first-order valence-corrected chi connectivity index (χ1v) is 10.3. The van der Waals surface area contributed by atoms with E-state index < -0.39 is 0 Å². The zero-order valence-corrected chi connectivity index (χ0v) is 17.0. The molecule has 4 rings (SSSR count). The fourth-order valence-electron chi connectivity index (χ4n) is 4.16. The third kappa shape index (κ3) is 3.48. The van der Waals surface area contributed by atoms with Crippen molar-refractivity contribution in [2.75, 3.05) is 18.0 Å². The van der Waals surface area contributed by atoms with Crippen LogP contribution in [0.5, 0.6) is 0 Å². The molecule has 29 heavy (non-hydrogen) atoms. The summed E-state index contributed by atoms with van der Waals surface area (Å²) in [6.07, 6.45) is 2.75. The van der Waals surface area contributed by atoms with Crippen molar-refractivity contribution in [1.29, 1.82) is 0 Å². The Morgan fingerprint density at radius 1 is 1.17 bits per heavy atom. The summed E-state index contributed by atoms with van der Waals surface area (Å²) in [5, 5.41) is 0. The summed E-state index contributed by atoms with van der Waals surface area (Å²) in [4.78, 5) is 32.6. The Labute approximate surface area is 169 Å². The number of aryl methyl sites for hydroxylation is 3. The van der Waals surface area contributed by atoms with Crippen LogP contribution in [0.2, 0.25) is 0 Å². The normalized spacial score (nSPS) is 17.2. The van der Waals surface area contributed by atoms with Crippen molar-refractivity contribution in [2.24, 2.45) is 12.8 Å². The summed E-state index contributed by atoms with van der Waals surface area (Å²) >= 11 is 0. The van der Waals surface area contributed by atoms with E-state index in [0.29, 0.717) is 30.8 Å². The van der Waals surface area contributed by atoms with Gasteiger partial charge in [-0.3, -0.25) is 13.9 Å². The Balaban J connectivity index is 1.89.